The van der Waals surface area contributed by atoms with Gasteiger partial charge in [-0.15, -0.1) is 0 Å². The first-order valence-electron chi connectivity index (χ1n) is 9.89. The van der Waals surface area contributed by atoms with Gasteiger partial charge >= 0.3 is 0 Å². The Kier molecular flexibility index (Phi) is 5.66. The molecule has 3 aromatic carbocycles. The lowest BCUT2D eigenvalue weighted by Gasteiger charge is -2.30. The quantitative estimate of drug-likeness (QED) is 0.526. The molecule has 0 amide bonds. The van der Waals surface area contributed by atoms with Crippen molar-refractivity contribution in [2.45, 2.75) is 38.6 Å². The van der Waals surface area contributed by atoms with Crippen LogP contribution in [0.2, 0.25) is 0 Å². The Labute approximate surface area is 163 Å². The molecule has 0 aliphatic carbocycles. The van der Waals surface area contributed by atoms with E-state index in [2.05, 4.69) is 108 Å². The highest BCUT2D eigenvalue weighted by molar-refractivity contribution is 5.19. The Balaban J connectivity index is 1.44. The molecule has 3 aromatic rings. The number of rotatable bonds is 8. The van der Waals surface area contributed by atoms with Gasteiger partial charge in [0.05, 0.1) is 0 Å². The Bertz CT molecular complexity index is 775. The van der Waals surface area contributed by atoms with Crippen LogP contribution in [-0.2, 0) is 19.6 Å². The third-order valence-corrected chi connectivity index (χ3v) is 5.58. The zero-order valence-electron chi connectivity index (χ0n) is 16.0. The van der Waals surface area contributed by atoms with Gasteiger partial charge in [0, 0.05) is 38.3 Å². The monoisotopic (exact) mass is 356 g/mol. The second kappa shape index (κ2) is 8.51. The van der Waals surface area contributed by atoms with Crippen LogP contribution < -0.4 is 0 Å². The SMILES string of the molecule is C[C@@H]([C@@H]1CN1Cc1ccccc1)N(Cc1ccccc1)Cc1ccccc1. The molecule has 3 atom stereocenters. The minimum Gasteiger partial charge on any atom is -0.292 e. The van der Waals surface area contributed by atoms with Crippen LogP contribution in [0.15, 0.2) is 91.0 Å². The molecular formula is C25H28N2. The molecule has 1 heterocycles. The standard InChI is InChI=1S/C25H28N2/c1-21(25-20-27(25)19-24-15-9-4-10-16-24)26(17-22-11-5-2-6-12-22)18-23-13-7-3-8-14-23/h2-16,21,25H,17-20H2,1H3/t21-,25-,27?/m0/s1. The molecule has 4 rings (SSSR count). The van der Waals surface area contributed by atoms with Gasteiger partial charge in [-0.1, -0.05) is 91.0 Å². The smallest absolute Gasteiger partial charge is 0.0380 e. The van der Waals surface area contributed by atoms with Gasteiger partial charge in [-0.2, -0.15) is 0 Å². The summed E-state index contributed by atoms with van der Waals surface area (Å²) in [7, 11) is 0. The van der Waals surface area contributed by atoms with Crippen molar-refractivity contribution in [3.05, 3.63) is 108 Å². The van der Waals surface area contributed by atoms with Crippen molar-refractivity contribution in [3.63, 3.8) is 0 Å². The molecular weight excluding hydrogens is 328 g/mol. The second-order valence-corrected chi connectivity index (χ2v) is 7.60. The van der Waals surface area contributed by atoms with Gasteiger partial charge in [0.1, 0.15) is 0 Å². The summed E-state index contributed by atoms with van der Waals surface area (Å²) >= 11 is 0. The van der Waals surface area contributed by atoms with Crippen LogP contribution in [0.5, 0.6) is 0 Å². The topological polar surface area (TPSA) is 6.25 Å². The fraction of sp³-hybridized carbons (Fsp3) is 0.280. The van der Waals surface area contributed by atoms with Crippen LogP contribution in [0, 0.1) is 0 Å². The summed E-state index contributed by atoms with van der Waals surface area (Å²) in [5.41, 5.74) is 4.18. The Morgan fingerprint density at radius 1 is 0.741 bits per heavy atom. The Hall–Kier alpha value is -2.42. The van der Waals surface area contributed by atoms with Crippen LogP contribution in [0.3, 0.4) is 0 Å². The highest BCUT2D eigenvalue weighted by atomic mass is 15.4. The first kappa shape index (κ1) is 18.0. The molecule has 138 valence electrons. The van der Waals surface area contributed by atoms with Gasteiger partial charge in [0.15, 0.2) is 0 Å². The first-order chi connectivity index (χ1) is 13.3. The van der Waals surface area contributed by atoms with Crippen molar-refractivity contribution >= 4 is 0 Å². The van der Waals surface area contributed by atoms with Crippen molar-refractivity contribution in [1.82, 2.24) is 9.80 Å². The van der Waals surface area contributed by atoms with E-state index in [9.17, 15) is 0 Å². The van der Waals surface area contributed by atoms with Gasteiger partial charge in [-0.05, 0) is 23.6 Å². The van der Waals surface area contributed by atoms with Crippen LogP contribution in [0.1, 0.15) is 23.6 Å². The molecule has 0 radical (unpaired) electrons. The van der Waals surface area contributed by atoms with Crippen LogP contribution in [0.4, 0.5) is 0 Å². The maximum atomic E-state index is 2.63. The molecule has 0 saturated carbocycles. The van der Waals surface area contributed by atoms with Gasteiger partial charge < -0.3 is 0 Å². The second-order valence-electron chi connectivity index (χ2n) is 7.60. The van der Waals surface area contributed by atoms with Crippen LogP contribution in [0.25, 0.3) is 0 Å². The van der Waals surface area contributed by atoms with Crippen LogP contribution in [-0.4, -0.2) is 28.4 Å². The molecule has 27 heavy (non-hydrogen) atoms. The largest absolute Gasteiger partial charge is 0.292 e. The molecule has 0 N–H and O–H groups in total. The van der Waals surface area contributed by atoms with Crippen molar-refractivity contribution < 1.29 is 0 Å². The van der Waals surface area contributed by atoms with E-state index in [-0.39, 0.29) is 0 Å². The van der Waals surface area contributed by atoms with E-state index in [4.69, 9.17) is 0 Å². The number of nitrogens with zero attached hydrogens (tertiary/aromatic N) is 2. The van der Waals surface area contributed by atoms with E-state index in [1.54, 1.807) is 0 Å². The van der Waals surface area contributed by atoms with Gasteiger partial charge in [0.2, 0.25) is 0 Å². The molecule has 0 aromatic heterocycles. The lowest BCUT2D eigenvalue weighted by Crippen LogP contribution is -2.37. The summed E-state index contributed by atoms with van der Waals surface area (Å²) < 4.78 is 0. The van der Waals surface area contributed by atoms with E-state index >= 15 is 0 Å². The summed E-state index contributed by atoms with van der Waals surface area (Å²) in [6.45, 7) is 6.62. The average molecular weight is 357 g/mol. The van der Waals surface area contributed by atoms with E-state index in [0.717, 1.165) is 19.6 Å². The molecule has 1 aliphatic heterocycles. The minimum atomic E-state index is 0.522. The number of hydrogen-bond donors (Lipinski definition) is 0. The maximum absolute atomic E-state index is 2.63. The van der Waals surface area contributed by atoms with E-state index < -0.39 is 0 Å². The fourth-order valence-corrected chi connectivity index (χ4v) is 3.87. The molecule has 1 aliphatic rings. The van der Waals surface area contributed by atoms with E-state index in [1.807, 2.05) is 0 Å². The summed E-state index contributed by atoms with van der Waals surface area (Å²) in [4.78, 5) is 5.21. The predicted octanol–water partition coefficient (Wildman–Crippen LogP) is 4.96. The van der Waals surface area contributed by atoms with Crippen molar-refractivity contribution in [1.29, 1.82) is 0 Å². The normalized spacial score (nSPS) is 19.8. The molecule has 2 nitrogen and oxygen atoms in total. The highest BCUT2D eigenvalue weighted by Gasteiger charge is 2.40. The summed E-state index contributed by atoms with van der Waals surface area (Å²) in [6.07, 6.45) is 0. The number of benzene rings is 3. The summed E-state index contributed by atoms with van der Waals surface area (Å²) in [6, 6.07) is 33.7. The van der Waals surface area contributed by atoms with Crippen molar-refractivity contribution in [2.24, 2.45) is 0 Å². The van der Waals surface area contributed by atoms with E-state index in [0.29, 0.717) is 12.1 Å². The zero-order valence-corrected chi connectivity index (χ0v) is 16.0. The third-order valence-electron chi connectivity index (χ3n) is 5.58. The first-order valence-corrected chi connectivity index (χ1v) is 9.89. The Morgan fingerprint density at radius 2 is 1.19 bits per heavy atom. The van der Waals surface area contributed by atoms with Crippen molar-refractivity contribution in [3.8, 4) is 0 Å². The molecule has 1 saturated heterocycles. The summed E-state index contributed by atoms with van der Waals surface area (Å²) in [5.74, 6) is 0. The molecule has 2 heteroatoms. The lowest BCUT2D eigenvalue weighted by molar-refractivity contribution is 0.173. The molecule has 1 fully saturated rings. The molecule has 0 spiro atoms. The third kappa shape index (κ3) is 4.85. The van der Waals surface area contributed by atoms with Gasteiger partial charge in [-0.3, -0.25) is 9.80 Å². The van der Waals surface area contributed by atoms with Crippen molar-refractivity contribution in [2.75, 3.05) is 6.54 Å². The Morgan fingerprint density at radius 3 is 1.67 bits per heavy atom. The average Bonchev–Trinajstić information content (AvgIpc) is 3.48. The maximum Gasteiger partial charge on any atom is 0.0380 e. The molecule has 0 bridgehead atoms. The highest BCUT2D eigenvalue weighted by Crippen LogP contribution is 2.28. The summed E-state index contributed by atoms with van der Waals surface area (Å²) in [5, 5.41) is 0. The van der Waals surface area contributed by atoms with Gasteiger partial charge in [0.25, 0.3) is 0 Å². The predicted molar refractivity (Wildman–Crippen MR) is 112 cm³/mol. The van der Waals surface area contributed by atoms with E-state index in [1.165, 1.54) is 23.2 Å². The minimum absolute atomic E-state index is 0.522. The molecule has 1 unspecified atom stereocenters. The zero-order chi connectivity index (χ0) is 18.5. The van der Waals surface area contributed by atoms with Gasteiger partial charge in [-0.25, -0.2) is 0 Å². The van der Waals surface area contributed by atoms with Crippen LogP contribution >= 0.6 is 0 Å². The number of hydrogen-bond acceptors (Lipinski definition) is 2. The fourth-order valence-electron chi connectivity index (χ4n) is 3.87. The lowest BCUT2D eigenvalue weighted by atomic mass is 10.1.